The minimum absolute atomic E-state index is 0.0420. The Morgan fingerprint density at radius 3 is 2.35 bits per heavy atom. The highest BCUT2D eigenvalue weighted by molar-refractivity contribution is 7.96. The zero-order valence-corrected chi connectivity index (χ0v) is 12.7. The summed E-state index contributed by atoms with van der Waals surface area (Å²) in [6, 6.07) is 0. The zero-order valence-electron chi connectivity index (χ0n) is 10.2. The third-order valence-corrected chi connectivity index (χ3v) is 7.45. The van der Waals surface area contributed by atoms with Crippen molar-refractivity contribution in [1.82, 2.24) is 10.2 Å². The average molecular weight is 296 g/mol. The van der Waals surface area contributed by atoms with Crippen LogP contribution in [0.4, 0.5) is 0 Å². The molecule has 5 nitrogen and oxygen atoms in total. The Labute approximate surface area is 109 Å². The van der Waals surface area contributed by atoms with Crippen LogP contribution in [0.15, 0.2) is 8.68 Å². The molecule has 0 fully saturated rings. The van der Waals surface area contributed by atoms with Gasteiger partial charge in [0.15, 0.2) is 0 Å². The molecule has 0 radical (unpaired) electrons. The van der Waals surface area contributed by atoms with Crippen LogP contribution in [0.5, 0.6) is 0 Å². The van der Waals surface area contributed by atoms with Crippen molar-refractivity contribution < 1.29 is 13.0 Å². The summed E-state index contributed by atoms with van der Waals surface area (Å²) in [5.41, 5.74) is 0. The number of sulfone groups is 1. The maximum Gasteiger partial charge on any atom is 0.322 e. The summed E-state index contributed by atoms with van der Waals surface area (Å²) >= 11 is -0.352. The molecule has 1 heterocycles. The molecule has 0 saturated heterocycles. The highest BCUT2D eigenvalue weighted by atomic mass is 32.3. The SMILES string of the molecule is CC(C)C[S+]([O-])c1nnc(S(=O)(=O)C(C)C)s1. The first-order chi connectivity index (χ1) is 7.75. The Balaban J connectivity index is 2.93. The number of rotatable bonds is 5. The van der Waals surface area contributed by atoms with Crippen LogP contribution in [-0.4, -0.2) is 34.2 Å². The van der Waals surface area contributed by atoms with Gasteiger partial charge in [0.25, 0.3) is 0 Å². The van der Waals surface area contributed by atoms with E-state index in [9.17, 15) is 13.0 Å². The van der Waals surface area contributed by atoms with Gasteiger partial charge in [0.05, 0.1) is 5.25 Å². The Morgan fingerprint density at radius 2 is 1.88 bits per heavy atom. The molecule has 0 aliphatic carbocycles. The highest BCUT2D eigenvalue weighted by Crippen LogP contribution is 2.24. The van der Waals surface area contributed by atoms with E-state index in [1.54, 1.807) is 13.8 Å². The Morgan fingerprint density at radius 1 is 1.29 bits per heavy atom. The van der Waals surface area contributed by atoms with Crippen molar-refractivity contribution in [3.8, 4) is 0 Å². The van der Waals surface area contributed by atoms with Crippen molar-refractivity contribution in [2.24, 2.45) is 5.92 Å². The molecule has 0 aromatic carbocycles. The first-order valence-corrected chi connectivity index (χ1v) is 8.89. The van der Waals surface area contributed by atoms with E-state index in [-0.39, 0.29) is 14.6 Å². The molecular formula is C9H16N2O3S3. The molecule has 1 atom stereocenters. The van der Waals surface area contributed by atoms with Gasteiger partial charge in [0.2, 0.25) is 14.2 Å². The fraction of sp³-hybridized carbons (Fsp3) is 0.778. The summed E-state index contributed by atoms with van der Waals surface area (Å²) in [4.78, 5) is 0. The van der Waals surface area contributed by atoms with Crippen LogP contribution in [0.25, 0.3) is 0 Å². The first-order valence-electron chi connectivity index (χ1n) is 5.21. The third kappa shape index (κ3) is 3.64. The van der Waals surface area contributed by atoms with Crippen molar-refractivity contribution in [2.75, 3.05) is 5.75 Å². The lowest BCUT2D eigenvalue weighted by molar-refractivity contribution is 0.577. The molecular weight excluding hydrogens is 280 g/mol. The Hall–Kier alpha value is -0.180. The minimum Gasteiger partial charge on any atom is -0.610 e. The molecule has 0 amide bonds. The lowest BCUT2D eigenvalue weighted by atomic mass is 10.3. The van der Waals surface area contributed by atoms with Gasteiger partial charge in [-0.15, -0.1) is 5.10 Å². The van der Waals surface area contributed by atoms with E-state index in [1.165, 1.54) is 0 Å². The Kier molecular flexibility index (Phi) is 4.94. The van der Waals surface area contributed by atoms with Crippen LogP contribution in [-0.2, 0) is 21.0 Å². The molecule has 0 aliphatic rings. The van der Waals surface area contributed by atoms with Crippen LogP contribution in [0, 0.1) is 5.92 Å². The van der Waals surface area contributed by atoms with Crippen molar-refractivity contribution >= 4 is 32.3 Å². The molecule has 0 N–H and O–H groups in total. The van der Waals surface area contributed by atoms with E-state index in [2.05, 4.69) is 10.2 Å². The molecule has 1 aromatic rings. The van der Waals surface area contributed by atoms with Gasteiger partial charge in [-0.1, -0.05) is 18.9 Å². The fourth-order valence-corrected chi connectivity index (χ4v) is 4.98. The molecule has 1 rings (SSSR count). The van der Waals surface area contributed by atoms with Gasteiger partial charge < -0.3 is 4.55 Å². The van der Waals surface area contributed by atoms with Gasteiger partial charge in [-0.05, 0) is 31.1 Å². The third-order valence-electron chi connectivity index (χ3n) is 1.93. The van der Waals surface area contributed by atoms with E-state index in [4.69, 9.17) is 0 Å². The Bertz CT molecular complexity index is 468. The van der Waals surface area contributed by atoms with Gasteiger partial charge in [0.1, 0.15) is 5.75 Å². The van der Waals surface area contributed by atoms with Gasteiger partial charge in [-0.25, -0.2) is 8.42 Å². The molecule has 17 heavy (non-hydrogen) atoms. The average Bonchev–Trinajstić information content (AvgIpc) is 2.65. The summed E-state index contributed by atoms with van der Waals surface area (Å²) < 4.78 is 35.6. The molecule has 98 valence electrons. The van der Waals surface area contributed by atoms with Crippen LogP contribution in [0.1, 0.15) is 27.7 Å². The van der Waals surface area contributed by atoms with Crippen molar-refractivity contribution in [2.45, 2.75) is 41.6 Å². The van der Waals surface area contributed by atoms with Crippen molar-refractivity contribution in [3.63, 3.8) is 0 Å². The van der Waals surface area contributed by atoms with Crippen LogP contribution >= 0.6 is 11.3 Å². The number of hydrogen-bond donors (Lipinski definition) is 0. The maximum absolute atomic E-state index is 11.8. The normalized spacial score (nSPS) is 14.5. The smallest absolute Gasteiger partial charge is 0.322 e. The number of nitrogens with zero attached hydrogens (tertiary/aromatic N) is 2. The second-order valence-corrected chi connectivity index (χ2v) is 9.66. The van der Waals surface area contributed by atoms with E-state index < -0.39 is 26.3 Å². The predicted octanol–water partition coefficient (Wildman–Crippen LogP) is 1.48. The molecule has 1 aromatic heterocycles. The fourth-order valence-electron chi connectivity index (χ4n) is 0.980. The standard InChI is InChI=1S/C9H16N2O3S3/c1-6(2)5-16(12)8-10-11-9(15-8)17(13,14)7(3)4/h6-7H,5H2,1-4H3. The summed E-state index contributed by atoms with van der Waals surface area (Å²) in [5, 5.41) is 6.79. The molecule has 0 saturated carbocycles. The summed E-state index contributed by atoms with van der Waals surface area (Å²) in [6.45, 7) is 7.07. The maximum atomic E-state index is 11.8. The summed E-state index contributed by atoms with van der Waals surface area (Å²) in [5.74, 6) is 0.737. The highest BCUT2D eigenvalue weighted by Gasteiger charge is 2.28. The van der Waals surface area contributed by atoms with Gasteiger partial charge in [-0.3, -0.25) is 0 Å². The lowest BCUT2D eigenvalue weighted by Crippen LogP contribution is -2.13. The van der Waals surface area contributed by atoms with E-state index in [0.717, 1.165) is 11.3 Å². The minimum atomic E-state index is -3.41. The summed E-state index contributed by atoms with van der Waals surface area (Å²) in [7, 11) is -3.41. The predicted molar refractivity (Wildman–Crippen MR) is 68.3 cm³/mol. The molecule has 0 bridgehead atoms. The van der Waals surface area contributed by atoms with Gasteiger partial charge >= 0.3 is 4.34 Å². The monoisotopic (exact) mass is 296 g/mol. The molecule has 0 aliphatic heterocycles. The van der Waals surface area contributed by atoms with Gasteiger partial charge in [-0.2, -0.15) is 0 Å². The zero-order chi connectivity index (χ0) is 13.2. The first kappa shape index (κ1) is 14.9. The van der Waals surface area contributed by atoms with E-state index in [1.807, 2.05) is 13.8 Å². The topological polar surface area (TPSA) is 83.0 Å². The lowest BCUT2D eigenvalue weighted by Gasteiger charge is -2.07. The van der Waals surface area contributed by atoms with Crippen LogP contribution in [0.3, 0.4) is 0 Å². The van der Waals surface area contributed by atoms with Crippen LogP contribution < -0.4 is 0 Å². The van der Waals surface area contributed by atoms with Crippen LogP contribution in [0.2, 0.25) is 0 Å². The van der Waals surface area contributed by atoms with Crippen molar-refractivity contribution in [3.05, 3.63) is 0 Å². The molecule has 8 heteroatoms. The van der Waals surface area contributed by atoms with E-state index in [0.29, 0.717) is 5.75 Å². The van der Waals surface area contributed by atoms with Crippen molar-refractivity contribution in [1.29, 1.82) is 0 Å². The molecule has 1 unspecified atom stereocenters. The largest absolute Gasteiger partial charge is 0.610 e. The quantitative estimate of drug-likeness (QED) is 0.769. The second-order valence-electron chi connectivity index (χ2n) is 4.33. The number of hydrogen-bond acceptors (Lipinski definition) is 6. The molecule has 0 spiro atoms. The second kappa shape index (κ2) is 5.64. The summed E-state index contributed by atoms with van der Waals surface area (Å²) in [6.07, 6.45) is 0. The van der Waals surface area contributed by atoms with E-state index >= 15 is 0 Å². The number of aromatic nitrogens is 2. The van der Waals surface area contributed by atoms with Gasteiger partial charge in [0, 0.05) is 11.2 Å².